The highest BCUT2D eigenvalue weighted by Gasteiger charge is 2.09. The van der Waals surface area contributed by atoms with E-state index in [1.54, 1.807) is 7.11 Å². The lowest BCUT2D eigenvalue weighted by Crippen LogP contribution is -2.26. The van der Waals surface area contributed by atoms with Crippen molar-refractivity contribution in [3.8, 4) is 5.75 Å². The van der Waals surface area contributed by atoms with Crippen LogP contribution in [-0.2, 0) is 6.42 Å². The molecule has 0 aliphatic heterocycles. The molecule has 0 aliphatic rings. The van der Waals surface area contributed by atoms with Crippen molar-refractivity contribution in [3.05, 3.63) is 77.5 Å². The second-order valence-corrected chi connectivity index (χ2v) is 5.88. The average molecular weight is 384 g/mol. The average Bonchev–Trinajstić information content (AvgIpc) is 2.71. The Morgan fingerprint density at radius 1 is 1.04 bits per heavy atom. The van der Waals surface area contributed by atoms with Gasteiger partial charge in [-0.05, 0) is 42.3 Å². The largest absolute Gasteiger partial charge is 0.496 e. The van der Waals surface area contributed by atoms with E-state index in [4.69, 9.17) is 4.74 Å². The molecule has 3 aromatic rings. The van der Waals surface area contributed by atoms with E-state index >= 15 is 0 Å². The summed E-state index contributed by atoms with van der Waals surface area (Å²) in [5.74, 6) is -1.19. The number of nitrogens with one attached hydrogen (secondary N) is 2. The van der Waals surface area contributed by atoms with Gasteiger partial charge in [0.1, 0.15) is 5.75 Å². The van der Waals surface area contributed by atoms with E-state index < -0.39 is 11.6 Å². The summed E-state index contributed by atoms with van der Waals surface area (Å²) in [6.07, 6.45) is 0.610. The second-order valence-electron chi connectivity index (χ2n) is 5.88. The molecule has 3 rings (SSSR count). The third kappa shape index (κ3) is 4.79. The number of carbonyl (C=O) groups is 1. The molecule has 8 heteroatoms. The van der Waals surface area contributed by atoms with Crippen LogP contribution in [-0.4, -0.2) is 29.8 Å². The Kier molecular flexibility index (Phi) is 6.11. The van der Waals surface area contributed by atoms with Crippen LogP contribution in [0, 0.1) is 11.6 Å². The molecule has 1 aromatic heterocycles. The first-order valence-corrected chi connectivity index (χ1v) is 8.52. The third-order valence-electron chi connectivity index (χ3n) is 3.96. The normalized spacial score (nSPS) is 10.4. The lowest BCUT2D eigenvalue weighted by Gasteiger charge is -2.09. The number of aromatic nitrogens is 2. The number of benzene rings is 2. The molecule has 1 amide bonds. The Bertz CT molecular complexity index is 965. The zero-order chi connectivity index (χ0) is 19.9. The molecule has 6 nitrogen and oxygen atoms in total. The molecule has 0 aliphatic carbocycles. The molecular formula is C20H18F2N4O2. The number of carbonyl (C=O) groups excluding carboxylic acids is 1. The predicted octanol–water partition coefficient (Wildman–Crippen LogP) is 3.48. The molecule has 0 bridgehead atoms. The van der Waals surface area contributed by atoms with Gasteiger partial charge in [0.05, 0.1) is 7.11 Å². The van der Waals surface area contributed by atoms with Crippen LogP contribution in [0.1, 0.15) is 16.1 Å². The number of para-hydroxylation sites is 1. The Balaban J connectivity index is 1.55. The molecule has 0 saturated heterocycles. The molecule has 2 aromatic carbocycles. The summed E-state index contributed by atoms with van der Waals surface area (Å²) in [7, 11) is 1.60. The van der Waals surface area contributed by atoms with Crippen molar-refractivity contribution in [2.24, 2.45) is 0 Å². The van der Waals surface area contributed by atoms with Gasteiger partial charge in [0.2, 0.25) is 0 Å². The molecule has 2 N–H and O–H groups in total. The summed E-state index contributed by atoms with van der Waals surface area (Å²) < 4.78 is 31.5. The fourth-order valence-corrected chi connectivity index (χ4v) is 2.55. The maximum Gasteiger partial charge on any atom is 0.271 e. The quantitative estimate of drug-likeness (QED) is 0.652. The van der Waals surface area contributed by atoms with E-state index in [1.165, 1.54) is 18.2 Å². The van der Waals surface area contributed by atoms with Gasteiger partial charge in [-0.2, -0.15) is 0 Å². The predicted molar refractivity (Wildman–Crippen MR) is 101 cm³/mol. The zero-order valence-electron chi connectivity index (χ0n) is 15.1. The van der Waals surface area contributed by atoms with E-state index in [0.29, 0.717) is 24.5 Å². The summed E-state index contributed by atoms with van der Waals surface area (Å²) in [5, 5.41) is 13.3. The molecule has 28 heavy (non-hydrogen) atoms. The SMILES string of the molecule is COc1ccccc1CCNC(=O)c1ccc(Nc2ccc(F)c(F)c2)nn1. The van der Waals surface area contributed by atoms with Crippen LogP contribution in [0.3, 0.4) is 0 Å². The topological polar surface area (TPSA) is 76.1 Å². The third-order valence-corrected chi connectivity index (χ3v) is 3.96. The first-order chi connectivity index (χ1) is 13.6. The fourth-order valence-electron chi connectivity index (χ4n) is 2.55. The molecule has 0 saturated carbocycles. The van der Waals surface area contributed by atoms with Gasteiger partial charge in [0, 0.05) is 18.3 Å². The number of anilines is 2. The van der Waals surface area contributed by atoms with Crippen molar-refractivity contribution in [2.75, 3.05) is 19.0 Å². The van der Waals surface area contributed by atoms with Gasteiger partial charge in [0.25, 0.3) is 5.91 Å². The number of hydrogen-bond donors (Lipinski definition) is 2. The van der Waals surface area contributed by atoms with Crippen LogP contribution in [0.5, 0.6) is 5.75 Å². The number of amides is 1. The highest BCUT2D eigenvalue weighted by molar-refractivity contribution is 5.92. The molecule has 0 spiro atoms. The van der Waals surface area contributed by atoms with E-state index in [9.17, 15) is 13.6 Å². The number of ether oxygens (including phenoxy) is 1. The first-order valence-electron chi connectivity index (χ1n) is 8.52. The second kappa shape index (κ2) is 8.90. The molecule has 0 unspecified atom stereocenters. The van der Waals surface area contributed by atoms with Crippen LogP contribution in [0.2, 0.25) is 0 Å². The van der Waals surface area contributed by atoms with E-state index in [2.05, 4.69) is 20.8 Å². The van der Waals surface area contributed by atoms with Crippen LogP contribution >= 0.6 is 0 Å². The van der Waals surface area contributed by atoms with Crippen molar-refractivity contribution in [3.63, 3.8) is 0 Å². The monoisotopic (exact) mass is 384 g/mol. The van der Waals surface area contributed by atoms with Gasteiger partial charge in [-0.15, -0.1) is 10.2 Å². The molecule has 0 radical (unpaired) electrons. The fraction of sp³-hybridized carbons (Fsp3) is 0.150. The lowest BCUT2D eigenvalue weighted by atomic mass is 10.1. The number of halogens is 2. The van der Waals surface area contributed by atoms with Gasteiger partial charge in [-0.1, -0.05) is 18.2 Å². The van der Waals surface area contributed by atoms with E-state index in [1.807, 2.05) is 24.3 Å². The van der Waals surface area contributed by atoms with E-state index in [-0.39, 0.29) is 11.6 Å². The van der Waals surface area contributed by atoms with Gasteiger partial charge in [-0.3, -0.25) is 4.79 Å². The smallest absolute Gasteiger partial charge is 0.271 e. The summed E-state index contributed by atoms with van der Waals surface area (Å²) >= 11 is 0. The lowest BCUT2D eigenvalue weighted by molar-refractivity contribution is 0.0948. The maximum absolute atomic E-state index is 13.2. The van der Waals surface area contributed by atoms with Crippen molar-refractivity contribution in [1.29, 1.82) is 0 Å². The summed E-state index contributed by atoms with van der Waals surface area (Å²) in [5.41, 5.74) is 1.46. The minimum absolute atomic E-state index is 0.149. The highest BCUT2D eigenvalue weighted by Crippen LogP contribution is 2.18. The molecule has 1 heterocycles. The highest BCUT2D eigenvalue weighted by atomic mass is 19.2. The maximum atomic E-state index is 13.2. The zero-order valence-corrected chi connectivity index (χ0v) is 15.1. The Hall–Kier alpha value is -3.55. The van der Waals surface area contributed by atoms with Gasteiger partial charge < -0.3 is 15.4 Å². The number of nitrogens with zero attached hydrogens (tertiary/aromatic N) is 2. The van der Waals surface area contributed by atoms with E-state index in [0.717, 1.165) is 23.4 Å². The molecular weight excluding hydrogens is 366 g/mol. The summed E-state index contributed by atoms with van der Waals surface area (Å²) in [4.78, 5) is 12.2. The van der Waals surface area contributed by atoms with Gasteiger partial charge >= 0.3 is 0 Å². The Labute approximate surface area is 160 Å². The van der Waals surface area contributed by atoms with Gasteiger partial charge in [0.15, 0.2) is 23.1 Å². The van der Waals surface area contributed by atoms with Crippen molar-refractivity contribution < 1.29 is 18.3 Å². The van der Waals surface area contributed by atoms with Crippen LogP contribution < -0.4 is 15.4 Å². The first kappa shape index (κ1) is 19.2. The Morgan fingerprint density at radius 3 is 2.57 bits per heavy atom. The number of methoxy groups -OCH3 is 1. The van der Waals surface area contributed by atoms with Crippen molar-refractivity contribution >= 4 is 17.4 Å². The van der Waals surface area contributed by atoms with Crippen LogP contribution in [0.15, 0.2) is 54.6 Å². The summed E-state index contributed by atoms with van der Waals surface area (Å²) in [6.45, 7) is 0.412. The van der Waals surface area contributed by atoms with Crippen molar-refractivity contribution in [2.45, 2.75) is 6.42 Å². The Morgan fingerprint density at radius 2 is 1.86 bits per heavy atom. The molecule has 0 atom stereocenters. The standard InChI is InChI=1S/C20H18F2N4O2/c1-28-18-5-3-2-4-13(18)10-11-23-20(27)17-8-9-19(26-25-17)24-14-6-7-15(21)16(22)12-14/h2-9,12H,10-11H2,1H3,(H,23,27)(H,24,26). The van der Waals surface area contributed by atoms with Crippen molar-refractivity contribution in [1.82, 2.24) is 15.5 Å². The van der Waals surface area contributed by atoms with Crippen LogP contribution in [0.4, 0.5) is 20.3 Å². The minimum atomic E-state index is -0.969. The number of hydrogen-bond acceptors (Lipinski definition) is 5. The number of rotatable bonds is 7. The van der Waals surface area contributed by atoms with Gasteiger partial charge in [-0.25, -0.2) is 8.78 Å². The summed E-state index contributed by atoms with van der Waals surface area (Å²) in [6, 6.07) is 14.0. The minimum Gasteiger partial charge on any atom is -0.496 e. The molecule has 144 valence electrons. The molecule has 0 fully saturated rings. The van der Waals surface area contributed by atoms with Crippen LogP contribution in [0.25, 0.3) is 0 Å².